The topological polar surface area (TPSA) is 51.1 Å². The molecule has 0 saturated heterocycles. The Hall–Kier alpha value is -1.88. The van der Waals surface area contributed by atoms with Crippen LogP contribution in [0.15, 0.2) is 29.8 Å². The Labute approximate surface area is 121 Å². The van der Waals surface area contributed by atoms with Crippen LogP contribution in [-0.2, 0) is 4.79 Å². The number of carbonyl (C=O) groups is 2. The van der Waals surface area contributed by atoms with Crippen molar-refractivity contribution in [1.82, 2.24) is 9.88 Å². The van der Waals surface area contributed by atoms with E-state index >= 15 is 0 Å². The van der Waals surface area contributed by atoms with Crippen LogP contribution in [-0.4, -0.2) is 16.3 Å². The van der Waals surface area contributed by atoms with Crippen LogP contribution in [0, 0.1) is 5.92 Å². The van der Waals surface area contributed by atoms with Crippen molar-refractivity contribution >= 4 is 23.0 Å². The van der Waals surface area contributed by atoms with Gasteiger partial charge in [0.05, 0.1) is 11.6 Å². The summed E-state index contributed by atoms with van der Waals surface area (Å²) in [6.45, 7) is 3.77. The lowest BCUT2D eigenvalue weighted by Gasteiger charge is -2.17. The summed E-state index contributed by atoms with van der Waals surface area (Å²) < 4.78 is 2.01. The molecular weight excluding hydrogens is 272 g/mol. The Balaban J connectivity index is 2.02. The van der Waals surface area contributed by atoms with Gasteiger partial charge < -0.3 is 9.88 Å². The van der Waals surface area contributed by atoms with Crippen LogP contribution >= 0.6 is 11.3 Å². The highest BCUT2D eigenvalue weighted by molar-refractivity contribution is 7.13. The molecule has 1 amide bonds. The zero-order valence-electron chi connectivity index (χ0n) is 11.4. The summed E-state index contributed by atoms with van der Waals surface area (Å²) in [7, 11) is 0. The van der Waals surface area contributed by atoms with Gasteiger partial charge in [-0.25, -0.2) is 0 Å². The number of carbonyl (C=O) groups excluding carboxylic acids is 2. The summed E-state index contributed by atoms with van der Waals surface area (Å²) in [5.74, 6) is 0.0347. The number of aromatic nitrogens is 1. The Morgan fingerprint density at radius 1 is 1.45 bits per heavy atom. The third kappa shape index (κ3) is 2.08. The minimum Gasteiger partial charge on any atom is -0.343 e. The lowest BCUT2D eigenvalue weighted by atomic mass is 9.99. The van der Waals surface area contributed by atoms with Gasteiger partial charge in [0.15, 0.2) is 0 Å². The van der Waals surface area contributed by atoms with E-state index < -0.39 is 0 Å². The molecule has 1 N–H and O–H groups in total. The Morgan fingerprint density at radius 3 is 3.00 bits per heavy atom. The normalized spacial score (nSPS) is 17.4. The number of Topliss-reactive ketones (excluding diaryl/α,β-unsaturated/α-hetero) is 1. The molecule has 104 valence electrons. The van der Waals surface area contributed by atoms with Gasteiger partial charge in [-0.1, -0.05) is 13.8 Å². The van der Waals surface area contributed by atoms with Crippen molar-refractivity contribution in [2.45, 2.75) is 26.3 Å². The average Bonchev–Trinajstić information content (AvgIpc) is 3.04. The van der Waals surface area contributed by atoms with Crippen LogP contribution in [0.2, 0.25) is 0 Å². The van der Waals surface area contributed by atoms with Gasteiger partial charge >= 0.3 is 0 Å². The fourth-order valence-electron chi connectivity index (χ4n) is 2.43. The van der Waals surface area contributed by atoms with E-state index in [4.69, 9.17) is 0 Å². The molecule has 0 aliphatic carbocycles. The maximum absolute atomic E-state index is 12.3. The lowest BCUT2D eigenvalue weighted by molar-refractivity contribution is -0.122. The summed E-state index contributed by atoms with van der Waals surface area (Å²) in [6, 6.07) is 5.48. The molecule has 1 unspecified atom stereocenters. The molecule has 0 spiro atoms. The van der Waals surface area contributed by atoms with Gasteiger partial charge in [-0.05, 0) is 23.6 Å². The Bertz CT molecular complexity index is 669. The highest BCUT2D eigenvalue weighted by atomic mass is 32.1. The number of ketones is 1. The van der Waals surface area contributed by atoms with Gasteiger partial charge in [-0.2, -0.15) is 0 Å². The number of rotatable bonds is 3. The van der Waals surface area contributed by atoms with Crippen molar-refractivity contribution < 1.29 is 9.59 Å². The monoisotopic (exact) mass is 288 g/mol. The van der Waals surface area contributed by atoms with E-state index in [1.165, 1.54) is 11.3 Å². The van der Waals surface area contributed by atoms with E-state index in [0.29, 0.717) is 12.0 Å². The average molecular weight is 288 g/mol. The molecule has 1 atom stereocenters. The Morgan fingerprint density at radius 2 is 2.25 bits per heavy atom. The molecule has 3 heterocycles. The minimum atomic E-state index is -0.257. The van der Waals surface area contributed by atoms with Gasteiger partial charge in [-0.3, -0.25) is 9.59 Å². The van der Waals surface area contributed by atoms with Crippen LogP contribution in [0.4, 0.5) is 0 Å². The second kappa shape index (κ2) is 4.90. The molecule has 20 heavy (non-hydrogen) atoms. The first-order chi connectivity index (χ1) is 9.58. The highest BCUT2D eigenvalue weighted by Gasteiger charge is 2.28. The molecule has 0 fully saturated rings. The molecule has 1 aliphatic heterocycles. The molecule has 0 radical (unpaired) electrons. The summed E-state index contributed by atoms with van der Waals surface area (Å²) >= 11 is 1.53. The molecule has 0 saturated carbocycles. The maximum atomic E-state index is 12.3. The number of nitrogens with zero attached hydrogens (tertiary/aromatic N) is 1. The van der Waals surface area contributed by atoms with E-state index in [1.807, 2.05) is 48.2 Å². The summed E-state index contributed by atoms with van der Waals surface area (Å²) in [4.78, 5) is 24.3. The van der Waals surface area contributed by atoms with Crippen molar-refractivity contribution in [2.24, 2.45) is 5.92 Å². The molecule has 0 aromatic carbocycles. The zero-order valence-corrected chi connectivity index (χ0v) is 12.2. The first-order valence-corrected chi connectivity index (χ1v) is 7.54. The largest absolute Gasteiger partial charge is 0.343 e. The van der Waals surface area contributed by atoms with Gasteiger partial charge in [0.1, 0.15) is 10.8 Å². The van der Waals surface area contributed by atoms with E-state index in [0.717, 1.165) is 10.7 Å². The molecule has 2 aromatic heterocycles. The number of hydrogen-bond acceptors (Lipinski definition) is 3. The smallest absolute Gasteiger partial charge is 0.254 e. The summed E-state index contributed by atoms with van der Waals surface area (Å²) in [5, 5.41) is 5.80. The molecule has 4 nitrogen and oxygen atoms in total. The predicted octanol–water partition coefficient (Wildman–Crippen LogP) is 2.94. The number of amides is 1. The van der Waals surface area contributed by atoms with Crippen LogP contribution in [0.3, 0.4) is 0 Å². The number of nitrogens with one attached hydrogen (secondary N) is 1. The van der Waals surface area contributed by atoms with Gasteiger partial charge in [-0.15, -0.1) is 11.3 Å². The zero-order chi connectivity index (χ0) is 14.3. The van der Waals surface area contributed by atoms with E-state index in [2.05, 4.69) is 5.32 Å². The van der Waals surface area contributed by atoms with Gasteiger partial charge in [0, 0.05) is 24.2 Å². The fourth-order valence-corrected chi connectivity index (χ4v) is 3.33. The van der Waals surface area contributed by atoms with Crippen molar-refractivity contribution in [1.29, 1.82) is 0 Å². The summed E-state index contributed by atoms with van der Waals surface area (Å²) in [6.07, 6.45) is 2.28. The number of thiophene rings is 1. The van der Waals surface area contributed by atoms with E-state index in [1.54, 1.807) is 0 Å². The van der Waals surface area contributed by atoms with Crippen molar-refractivity contribution in [3.05, 3.63) is 41.0 Å². The molecular formula is C15H16N2O2S. The maximum Gasteiger partial charge on any atom is 0.254 e. The Kier molecular flexibility index (Phi) is 3.22. The molecule has 5 heteroatoms. The SMILES string of the molecule is CC(C)C(=O)CC1NC(=O)c2ccsc2-n2cccc21. The third-order valence-electron chi connectivity index (χ3n) is 3.60. The van der Waals surface area contributed by atoms with Crippen molar-refractivity contribution in [3.63, 3.8) is 0 Å². The molecule has 1 aliphatic rings. The van der Waals surface area contributed by atoms with Crippen molar-refractivity contribution in [2.75, 3.05) is 0 Å². The summed E-state index contributed by atoms with van der Waals surface area (Å²) in [5.41, 5.74) is 1.64. The second-order valence-corrected chi connectivity index (χ2v) is 6.19. The quantitative estimate of drug-likeness (QED) is 0.944. The predicted molar refractivity (Wildman–Crippen MR) is 78.3 cm³/mol. The first kappa shape index (κ1) is 13.1. The van der Waals surface area contributed by atoms with Gasteiger partial charge in [0.25, 0.3) is 5.91 Å². The van der Waals surface area contributed by atoms with Gasteiger partial charge in [0.2, 0.25) is 0 Å². The van der Waals surface area contributed by atoms with Crippen LogP contribution < -0.4 is 5.32 Å². The van der Waals surface area contributed by atoms with E-state index in [-0.39, 0.29) is 23.7 Å². The number of fused-ring (bicyclic) bond motifs is 3. The minimum absolute atomic E-state index is 0.0207. The molecule has 0 bridgehead atoms. The number of hydrogen-bond donors (Lipinski definition) is 1. The molecule has 2 aromatic rings. The second-order valence-electron chi connectivity index (χ2n) is 5.29. The standard InChI is InChI=1S/C15H16N2O2S/c1-9(2)13(18)8-11-12-4-3-6-17(12)15-10(5-7-20-15)14(19)16-11/h3-7,9,11H,8H2,1-2H3,(H,16,19). The highest BCUT2D eigenvalue weighted by Crippen LogP contribution is 2.31. The van der Waals surface area contributed by atoms with Crippen LogP contribution in [0.5, 0.6) is 0 Å². The van der Waals surface area contributed by atoms with Crippen molar-refractivity contribution in [3.8, 4) is 5.00 Å². The van der Waals surface area contributed by atoms with E-state index in [9.17, 15) is 9.59 Å². The van der Waals surface area contributed by atoms with Crippen LogP contribution in [0.1, 0.15) is 42.4 Å². The lowest BCUT2D eigenvalue weighted by Crippen LogP contribution is -2.29. The van der Waals surface area contributed by atoms with Crippen LogP contribution in [0.25, 0.3) is 5.00 Å². The third-order valence-corrected chi connectivity index (χ3v) is 4.51. The fraction of sp³-hybridized carbons (Fsp3) is 0.333. The first-order valence-electron chi connectivity index (χ1n) is 6.66. The molecule has 3 rings (SSSR count).